The van der Waals surface area contributed by atoms with Gasteiger partial charge in [0, 0.05) is 18.2 Å². The van der Waals surface area contributed by atoms with E-state index in [1.165, 1.54) is 25.9 Å². The molecule has 114 valence electrons. The Morgan fingerprint density at radius 2 is 2.14 bits per heavy atom. The molecule has 4 heteroatoms. The van der Waals surface area contributed by atoms with Crippen molar-refractivity contribution in [3.05, 3.63) is 35.4 Å². The van der Waals surface area contributed by atoms with Gasteiger partial charge < -0.3 is 14.7 Å². The van der Waals surface area contributed by atoms with E-state index >= 15 is 0 Å². The van der Waals surface area contributed by atoms with Gasteiger partial charge >= 0.3 is 5.97 Å². The lowest BCUT2D eigenvalue weighted by molar-refractivity contribution is -0.131. The van der Waals surface area contributed by atoms with Crippen LogP contribution in [0.5, 0.6) is 5.75 Å². The Morgan fingerprint density at radius 3 is 2.86 bits per heavy atom. The number of carbonyl (C=O) groups is 1. The highest BCUT2D eigenvalue weighted by Crippen LogP contribution is 2.25. The quantitative estimate of drug-likeness (QED) is 0.619. The van der Waals surface area contributed by atoms with Crippen molar-refractivity contribution < 1.29 is 14.6 Å². The smallest absolute Gasteiger partial charge is 0.328 e. The van der Waals surface area contributed by atoms with Crippen LogP contribution in [0.2, 0.25) is 0 Å². The van der Waals surface area contributed by atoms with Crippen LogP contribution < -0.4 is 4.74 Å². The number of hydrogen-bond donors (Lipinski definition) is 1. The number of aryl methyl sites for hydroxylation is 1. The molecule has 1 aliphatic rings. The van der Waals surface area contributed by atoms with Crippen molar-refractivity contribution in [2.75, 3.05) is 26.2 Å². The summed E-state index contributed by atoms with van der Waals surface area (Å²) in [6.07, 6.45) is 6.35. The van der Waals surface area contributed by atoms with E-state index in [0.29, 0.717) is 6.61 Å². The van der Waals surface area contributed by atoms with Crippen LogP contribution in [0, 0.1) is 6.92 Å². The summed E-state index contributed by atoms with van der Waals surface area (Å²) < 4.78 is 5.89. The Bertz CT molecular complexity index is 505. The fraction of sp³-hybridized carbons (Fsp3) is 0.471. The molecular weight excluding hydrogens is 266 g/mol. The first-order valence-corrected chi connectivity index (χ1v) is 7.52. The molecule has 0 atom stereocenters. The molecule has 0 radical (unpaired) electrons. The van der Waals surface area contributed by atoms with Gasteiger partial charge in [0.15, 0.2) is 0 Å². The van der Waals surface area contributed by atoms with E-state index in [0.717, 1.165) is 35.9 Å². The highest BCUT2D eigenvalue weighted by atomic mass is 16.5. The Labute approximate surface area is 126 Å². The SMILES string of the molecule is Cc1cccc(/C=C/C(=O)O)c1OCCCN1CCCC1. The highest BCUT2D eigenvalue weighted by Gasteiger charge is 2.11. The van der Waals surface area contributed by atoms with Crippen molar-refractivity contribution in [3.8, 4) is 5.75 Å². The van der Waals surface area contributed by atoms with Crippen molar-refractivity contribution in [3.63, 3.8) is 0 Å². The highest BCUT2D eigenvalue weighted by molar-refractivity contribution is 5.86. The third kappa shape index (κ3) is 4.90. The Morgan fingerprint density at radius 1 is 1.38 bits per heavy atom. The van der Waals surface area contributed by atoms with Gasteiger partial charge in [-0.25, -0.2) is 4.79 Å². The second-order valence-electron chi connectivity index (χ2n) is 5.42. The maximum Gasteiger partial charge on any atom is 0.328 e. The average molecular weight is 289 g/mol. The number of aliphatic carboxylic acids is 1. The van der Waals surface area contributed by atoms with Crippen LogP contribution in [-0.4, -0.2) is 42.2 Å². The van der Waals surface area contributed by atoms with E-state index in [-0.39, 0.29) is 0 Å². The lowest BCUT2D eigenvalue weighted by Gasteiger charge is -2.16. The summed E-state index contributed by atoms with van der Waals surface area (Å²) in [7, 11) is 0. The largest absolute Gasteiger partial charge is 0.493 e. The first-order valence-electron chi connectivity index (χ1n) is 7.52. The van der Waals surface area contributed by atoms with Gasteiger partial charge in [0.2, 0.25) is 0 Å². The summed E-state index contributed by atoms with van der Waals surface area (Å²) in [4.78, 5) is 13.1. The number of likely N-dealkylation sites (tertiary alicyclic amines) is 1. The topological polar surface area (TPSA) is 49.8 Å². The fourth-order valence-corrected chi connectivity index (χ4v) is 2.63. The van der Waals surface area contributed by atoms with E-state index in [1.54, 1.807) is 6.08 Å². The first-order chi connectivity index (χ1) is 10.2. The second kappa shape index (κ2) is 7.84. The normalized spacial score (nSPS) is 15.7. The predicted octanol–water partition coefficient (Wildman–Crippen LogP) is 2.96. The molecule has 0 aliphatic carbocycles. The molecule has 1 N–H and O–H groups in total. The number of carboxylic acids is 1. The van der Waals surface area contributed by atoms with Crippen LogP contribution in [0.3, 0.4) is 0 Å². The third-order valence-electron chi connectivity index (χ3n) is 3.71. The van der Waals surface area contributed by atoms with Gasteiger partial charge in [-0.1, -0.05) is 18.2 Å². The van der Waals surface area contributed by atoms with Crippen molar-refractivity contribution in [2.45, 2.75) is 26.2 Å². The molecule has 2 rings (SSSR count). The molecule has 21 heavy (non-hydrogen) atoms. The monoisotopic (exact) mass is 289 g/mol. The minimum atomic E-state index is -0.948. The lowest BCUT2D eigenvalue weighted by atomic mass is 10.1. The minimum absolute atomic E-state index is 0.662. The Kier molecular flexibility index (Phi) is 5.81. The molecule has 1 aliphatic heterocycles. The summed E-state index contributed by atoms with van der Waals surface area (Å²) in [6, 6.07) is 5.77. The van der Waals surface area contributed by atoms with E-state index in [9.17, 15) is 4.79 Å². The summed E-state index contributed by atoms with van der Waals surface area (Å²) in [5.41, 5.74) is 1.85. The molecule has 0 spiro atoms. The number of ether oxygens (including phenoxy) is 1. The zero-order chi connectivity index (χ0) is 15.1. The minimum Gasteiger partial charge on any atom is -0.493 e. The maximum absolute atomic E-state index is 10.6. The zero-order valence-electron chi connectivity index (χ0n) is 12.5. The molecule has 1 aromatic carbocycles. The van der Waals surface area contributed by atoms with Crippen molar-refractivity contribution >= 4 is 12.0 Å². The fourth-order valence-electron chi connectivity index (χ4n) is 2.63. The summed E-state index contributed by atoms with van der Waals surface area (Å²) >= 11 is 0. The maximum atomic E-state index is 10.6. The van der Waals surface area contributed by atoms with Crippen LogP contribution in [0.1, 0.15) is 30.4 Å². The standard InChI is InChI=1S/C17H23NO3/c1-14-6-4-7-15(8-9-16(19)20)17(14)21-13-5-12-18-10-2-3-11-18/h4,6-9H,2-3,5,10-13H2,1H3,(H,19,20)/b9-8+. The molecule has 0 unspecified atom stereocenters. The molecule has 0 bridgehead atoms. The molecule has 1 saturated heterocycles. The summed E-state index contributed by atoms with van der Waals surface area (Å²) in [6.45, 7) is 6.13. The lowest BCUT2D eigenvalue weighted by Crippen LogP contribution is -2.22. The van der Waals surface area contributed by atoms with Crippen LogP contribution in [0.4, 0.5) is 0 Å². The Balaban J connectivity index is 1.90. The van der Waals surface area contributed by atoms with Gasteiger partial charge in [0.05, 0.1) is 6.61 Å². The van der Waals surface area contributed by atoms with E-state index in [4.69, 9.17) is 9.84 Å². The molecule has 0 aromatic heterocycles. The van der Waals surface area contributed by atoms with E-state index < -0.39 is 5.97 Å². The van der Waals surface area contributed by atoms with Crippen LogP contribution in [0.25, 0.3) is 6.08 Å². The Hall–Kier alpha value is -1.81. The molecule has 4 nitrogen and oxygen atoms in total. The molecule has 1 fully saturated rings. The second-order valence-corrected chi connectivity index (χ2v) is 5.42. The van der Waals surface area contributed by atoms with Gasteiger partial charge in [-0.2, -0.15) is 0 Å². The molecule has 1 heterocycles. The van der Waals surface area contributed by atoms with E-state index in [2.05, 4.69) is 4.90 Å². The predicted molar refractivity (Wildman–Crippen MR) is 83.6 cm³/mol. The zero-order valence-corrected chi connectivity index (χ0v) is 12.5. The van der Waals surface area contributed by atoms with Gasteiger partial charge in [0.25, 0.3) is 0 Å². The summed E-state index contributed by atoms with van der Waals surface area (Å²) in [5.74, 6) is -0.159. The van der Waals surface area contributed by atoms with Crippen molar-refractivity contribution in [1.29, 1.82) is 0 Å². The number of para-hydroxylation sites is 1. The van der Waals surface area contributed by atoms with Crippen LogP contribution in [-0.2, 0) is 4.79 Å². The molecule has 0 amide bonds. The van der Waals surface area contributed by atoms with Crippen molar-refractivity contribution in [1.82, 2.24) is 4.90 Å². The molecule has 1 aromatic rings. The van der Waals surface area contributed by atoms with Gasteiger partial charge in [-0.05, 0) is 50.9 Å². The number of carboxylic acid groups (broad SMARTS) is 1. The number of hydrogen-bond acceptors (Lipinski definition) is 3. The van der Waals surface area contributed by atoms with Gasteiger partial charge in [0.1, 0.15) is 5.75 Å². The molecular formula is C17H23NO3. The number of rotatable bonds is 7. The van der Waals surface area contributed by atoms with Crippen LogP contribution in [0.15, 0.2) is 24.3 Å². The molecule has 0 saturated carbocycles. The third-order valence-corrected chi connectivity index (χ3v) is 3.71. The van der Waals surface area contributed by atoms with Gasteiger partial charge in [-0.15, -0.1) is 0 Å². The average Bonchev–Trinajstić information content (AvgIpc) is 2.96. The number of benzene rings is 1. The summed E-state index contributed by atoms with van der Waals surface area (Å²) in [5, 5.41) is 8.74. The van der Waals surface area contributed by atoms with Crippen molar-refractivity contribution in [2.24, 2.45) is 0 Å². The first kappa shape index (κ1) is 15.6. The van der Waals surface area contributed by atoms with Crippen LogP contribution >= 0.6 is 0 Å². The number of nitrogens with zero attached hydrogens (tertiary/aromatic N) is 1. The van der Waals surface area contributed by atoms with Gasteiger partial charge in [-0.3, -0.25) is 0 Å². The van der Waals surface area contributed by atoms with E-state index in [1.807, 2.05) is 25.1 Å².